The molecule has 0 aromatic rings. The third-order valence-electron chi connectivity index (χ3n) is 3.66. The zero-order valence-electron chi connectivity index (χ0n) is 8.47. The van der Waals surface area contributed by atoms with Gasteiger partial charge in [0, 0.05) is 6.04 Å². The van der Waals surface area contributed by atoms with Crippen molar-refractivity contribution >= 4 is 0 Å². The van der Waals surface area contributed by atoms with E-state index >= 15 is 0 Å². The number of hydrogen-bond donors (Lipinski definition) is 1. The molecule has 0 aromatic heterocycles. The molecule has 1 saturated carbocycles. The minimum Gasteiger partial charge on any atom is -0.324 e. The van der Waals surface area contributed by atoms with Crippen molar-refractivity contribution in [2.24, 2.45) is 11.7 Å². The van der Waals surface area contributed by atoms with Crippen LogP contribution in [0.4, 0.5) is 0 Å². The van der Waals surface area contributed by atoms with Gasteiger partial charge in [-0.1, -0.05) is 30.9 Å². The Morgan fingerprint density at radius 2 is 1.92 bits per heavy atom. The van der Waals surface area contributed by atoms with Crippen LogP contribution in [0.25, 0.3) is 0 Å². The lowest BCUT2D eigenvalue weighted by Gasteiger charge is -2.28. The lowest BCUT2D eigenvalue weighted by atomic mass is 9.81. The molecule has 2 rings (SSSR count). The molecular formula is C12H21N. The Hall–Kier alpha value is -0.300. The summed E-state index contributed by atoms with van der Waals surface area (Å²) in [7, 11) is 0. The van der Waals surface area contributed by atoms with E-state index in [-0.39, 0.29) is 0 Å². The summed E-state index contributed by atoms with van der Waals surface area (Å²) in [6.45, 7) is 0. The first kappa shape index (κ1) is 9.26. The van der Waals surface area contributed by atoms with E-state index in [9.17, 15) is 0 Å². The van der Waals surface area contributed by atoms with E-state index in [2.05, 4.69) is 6.08 Å². The molecule has 0 saturated heterocycles. The largest absolute Gasteiger partial charge is 0.324 e. The Labute approximate surface area is 81.4 Å². The molecule has 1 fully saturated rings. The van der Waals surface area contributed by atoms with Crippen LogP contribution in [0, 0.1) is 5.92 Å². The first-order valence-electron chi connectivity index (χ1n) is 5.82. The van der Waals surface area contributed by atoms with E-state index in [4.69, 9.17) is 5.73 Å². The average Bonchev–Trinajstić information content (AvgIpc) is 2.71. The fourth-order valence-corrected chi connectivity index (χ4v) is 2.79. The highest BCUT2D eigenvalue weighted by Crippen LogP contribution is 2.31. The predicted molar refractivity (Wildman–Crippen MR) is 56.5 cm³/mol. The maximum Gasteiger partial charge on any atom is 0.0282 e. The van der Waals surface area contributed by atoms with Gasteiger partial charge in [0.1, 0.15) is 0 Å². The Balaban J connectivity index is 1.90. The van der Waals surface area contributed by atoms with E-state index in [0.29, 0.717) is 6.04 Å². The Morgan fingerprint density at radius 1 is 1.15 bits per heavy atom. The van der Waals surface area contributed by atoms with E-state index in [1.165, 1.54) is 51.4 Å². The Morgan fingerprint density at radius 3 is 2.54 bits per heavy atom. The van der Waals surface area contributed by atoms with Crippen LogP contribution in [0.15, 0.2) is 11.6 Å². The van der Waals surface area contributed by atoms with Crippen molar-refractivity contribution in [3.8, 4) is 0 Å². The van der Waals surface area contributed by atoms with Gasteiger partial charge >= 0.3 is 0 Å². The zero-order valence-corrected chi connectivity index (χ0v) is 8.47. The van der Waals surface area contributed by atoms with Gasteiger partial charge in [-0.25, -0.2) is 0 Å². The summed E-state index contributed by atoms with van der Waals surface area (Å²) in [4.78, 5) is 0. The second-order valence-corrected chi connectivity index (χ2v) is 4.60. The van der Waals surface area contributed by atoms with Crippen molar-refractivity contribution in [3.05, 3.63) is 11.6 Å². The van der Waals surface area contributed by atoms with Gasteiger partial charge < -0.3 is 5.73 Å². The van der Waals surface area contributed by atoms with Crippen LogP contribution in [0.2, 0.25) is 0 Å². The van der Waals surface area contributed by atoms with Crippen LogP contribution in [0.3, 0.4) is 0 Å². The van der Waals surface area contributed by atoms with Crippen molar-refractivity contribution in [2.45, 2.75) is 57.4 Å². The molecule has 13 heavy (non-hydrogen) atoms. The number of hydrogen-bond acceptors (Lipinski definition) is 1. The summed E-state index contributed by atoms with van der Waals surface area (Å²) < 4.78 is 0. The number of nitrogens with two attached hydrogens (primary N) is 1. The molecule has 2 N–H and O–H groups in total. The van der Waals surface area contributed by atoms with Crippen LogP contribution in [-0.2, 0) is 0 Å². The quantitative estimate of drug-likeness (QED) is 0.648. The monoisotopic (exact) mass is 179 g/mol. The van der Waals surface area contributed by atoms with Crippen LogP contribution < -0.4 is 5.73 Å². The molecule has 2 aliphatic rings. The standard InChI is InChI=1S/C12H21N/c13-12(11-8-4-5-9-11)10-6-2-1-3-7-10/h8,10,12H,1-7,9,13H2. The molecule has 74 valence electrons. The molecule has 0 bridgehead atoms. The summed E-state index contributed by atoms with van der Waals surface area (Å²) in [6.07, 6.45) is 13.3. The van der Waals surface area contributed by atoms with E-state index in [1.54, 1.807) is 5.57 Å². The normalized spacial score (nSPS) is 27.3. The summed E-state index contributed by atoms with van der Waals surface area (Å²) in [5.74, 6) is 0.804. The van der Waals surface area contributed by atoms with Gasteiger partial charge in [0.25, 0.3) is 0 Å². The molecule has 1 unspecified atom stereocenters. The molecule has 2 aliphatic carbocycles. The molecule has 1 heteroatoms. The van der Waals surface area contributed by atoms with Gasteiger partial charge in [-0.3, -0.25) is 0 Å². The highest BCUT2D eigenvalue weighted by molar-refractivity contribution is 5.15. The smallest absolute Gasteiger partial charge is 0.0282 e. The molecule has 0 aliphatic heterocycles. The summed E-state index contributed by atoms with van der Waals surface area (Å²) in [5, 5.41) is 0. The average molecular weight is 179 g/mol. The minimum atomic E-state index is 0.405. The van der Waals surface area contributed by atoms with Crippen molar-refractivity contribution in [3.63, 3.8) is 0 Å². The topological polar surface area (TPSA) is 26.0 Å². The van der Waals surface area contributed by atoms with E-state index in [1.807, 2.05) is 0 Å². The molecular weight excluding hydrogens is 158 g/mol. The van der Waals surface area contributed by atoms with E-state index in [0.717, 1.165) is 5.92 Å². The number of allylic oxidation sites excluding steroid dienone is 1. The zero-order chi connectivity index (χ0) is 9.10. The van der Waals surface area contributed by atoms with Crippen molar-refractivity contribution < 1.29 is 0 Å². The molecule has 1 atom stereocenters. The van der Waals surface area contributed by atoms with Crippen LogP contribution in [0.5, 0.6) is 0 Å². The Bertz CT molecular complexity index is 189. The first-order chi connectivity index (χ1) is 6.38. The van der Waals surface area contributed by atoms with Crippen molar-refractivity contribution in [2.75, 3.05) is 0 Å². The molecule has 0 aromatic carbocycles. The highest BCUT2D eigenvalue weighted by atomic mass is 14.7. The van der Waals surface area contributed by atoms with Gasteiger partial charge in [-0.2, -0.15) is 0 Å². The van der Waals surface area contributed by atoms with Gasteiger partial charge in [0.15, 0.2) is 0 Å². The molecule has 0 heterocycles. The fourth-order valence-electron chi connectivity index (χ4n) is 2.79. The van der Waals surface area contributed by atoms with Crippen LogP contribution in [0.1, 0.15) is 51.4 Å². The highest BCUT2D eigenvalue weighted by Gasteiger charge is 2.24. The van der Waals surface area contributed by atoms with Gasteiger partial charge in [0.2, 0.25) is 0 Å². The predicted octanol–water partition coefficient (Wildman–Crippen LogP) is 3.00. The van der Waals surface area contributed by atoms with Crippen molar-refractivity contribution in [1.29, 1.82) is 0 Å². The third kappa shape index (κ3) is 2.14. The second-order valence-electron chi connectivity index (χ2n) is 4.60. The molecule has 0 spiro atoms. The van der Waals surface area contributed by atoms with Gasteiger partial charge in [-0.05, 0) is 38.0 Å². The summed E-state index contributed by atoms with van der Waals surface area (Å²) >= 11 is 0. The van der Waals surface area contributed by atoms with E-state index < -0.39 is 0 Å². The lowest BCUT2D eigenvalue weighted by Crippen LogP contribution is -2.32. The van der Waals surface area contributed by atoms with Crippen LogP contribution >= 0.6 is 0 Å². The lowest BCUT2D eigenvalue weighted by molar-refractivity contribution is 0.323. The maximum absolute atomic E-state index is 6.29. The molecule has 1 nitrogen and oxygen atoms in total. The SMILES string of the molecule is NC(C1=CCCC1)C1CCCCC1. The van der Waals surface area contributed by atoms with Crippen LogP contribution in [-0.4, -0.2) is 6.04 Å². The molecule has 0 radical (unpaired) electrons. The van der Waals surface area contributed by atoms with Crippen molar-refractivity contribution in [1.82, 2.24) is 0 Å². The summed E-state index contributed by atoms with van der Waals surface area (Å²) in [5.41, 5.74) is 7.85. The van der Waals surface area contributed by atoms with Gasteiger partial charge in [0.05, 0.1) is 0 Å². The molecule has 0 amide bonds. The minimum absolute atomic E-state index is 0.405. The first-order valence-corrected chi connectivity index (χ1v) is 5.82. The second kappa shape index (κ2) is 4.28. The summed E-state index contributed by atoms with van der Waals surface area (Å²) in [6, 6.07) is 0.405. The third-order valence-corrected chi connectivity index (χ3v) is 3.66. The Kier molecular flexibility index (Phi) is 3.05. The number of rotatable bonds is 2. The van der Waals surface area contributed by atoms with Gasteiger partial charge in [-0.15, -0.1) is 0 Å². The maximum atomic E-state index is 6.29. The fraction of sp³-hybridized carbons (Fsp3) is 0.833.